The second-order valence-corrected chi connectivity index (χ2v) is 22.2. The molecule has 5 aliphatic carbocycles. The van der Waals surface area contributed by atoms with Crippen molar-refractivity contribution >= 4 is 55.7 Å². The van der Waals surface area contributed by atoms with Gasteiger partial charge in [-0.1, -0.05) is 138 Å². The number of rotatable bonds is 10. The van der Waals surface area contributed by atoms with Crippen molar-refractivity contribution in [3.8, 4) is 22.3 Å². The highest BCUT2D eigenvalue weighted by Gasteiger charge is 2.26. The Bertz CT molecular complexity index is 2760. The van der Waals surface area contributed by atoms with Gasteiger partial charge in [-0.05, 0) is 238 Å². The third-order valence-electron chi connectivity index (χ3n) is 17.9. The van der Waals surface area contributed by atoms with Crippen molar-refractivity contribution in [2.75, 3.05) is 9.80 Å². The summed E-state index contributed by atoms with van der Waals surface area (Å²) in [5.41, 5.74) is 18.8. The van der Waals surface area contributed by atoms with Crippen molar-refractivity contribution in [1.29, 1.82) is 0 Å². The minimum Gasteiger partial charge on any atom is -0.310 e. The van der Waals surface area contributed by atoms with Gasteiger partial charge < -0.3 is 9.80 Å². The molecule has 352 valence electrons. The molecular weight excluding hydrogens is 845 g/mol. The summed E-state index contributed by atoms with van der Waals surface area (Å²) in [6.45, 7) is 0. The Balaban J connectivity index is 0.840. The number of nitrogens with zero attached hydrogens (tertiary/aromatic N) is 2. The SMILES string of the molecule is c1cc(N(c2ccc(C3CCCCC3)cc2)c2ccc3cc4c(cc3c2)-c2cc3cc(N(c5ccc(C6CCCCC6)cc5)c5ccc(C6CCCCC6)cc5)ccc3cc2-4)ccc1C1CCCCC1. The van der Waals surface area contributed by atoms with Crippen LogP contribution >= 0.6 is 0 Å². The number of anilines is 6. The molecule has 8 aromatic carbocycles. The number of hydrogen-bond acceptors (Lipinski definition) is 2. The van der Waals surface area contributed by atoms with Gasteiger partial charge in [-0.15, -0.1) is 0 Å². The van der Waals surface area contributed by atoms with Gasteiger partial charge in [-0.2, -0.15) is 0 Å². The van der Waals surface area contributed by atoms with Gasteiger partial charge in [0.25, 0.3) is 0 Å². The zero-order chi connectivity index (χ0) is 46.4. The fraction of sp³-hybridized carbons (Fsp3) is 0.353. The maximum Gasteiger partial charge on any atom is 0.0468 e. The Kier molecular flexibility index (Phi) is 12.1. The van der Waals surface area contributed by atoms with E-state index in [0.717, 1.165) is 0 Å². The predicted octanol–water partition coefficient (Wildman–Crippen LogP) is 20.8. The summed E-state index contributed by atoms with van der Waals surface area (Å²) in [6, 6.07) is 62.6. The summed E-state index contributed by atoms with van der Waals surface area (Å²) in [7, 11) is 0. The average Bonchev–Trinajstić information content (AvgIpc) is 3.44. The second-order valence-electron chi connectivity index (χ2n) is 22.2. The lowest BCUT2D eigenvalue weighted by atomic mass is 9.78. The fourth-order valence-electron chi connectivity index (χ4n) is 13.9. The van der Waals surface area contributed by atoms with Crippen LogP contribution in [-0.2, 0) is 0 Å². The van der Waals surface area contributed by atoms with Crippen LogP contribution in [0.1, 0.15) is 174 Å². The molecule has 5 aliphatic rings. The predicted molar refractivity (Wildman–Crippen MR) is 299 cm³/mol. The summed E-state index contributed by atoms with van der Waals surface area (Å²) >= 11 is 0. The Labute approximate surface area is 417 Å². The van der Waals surface area contributed by atoms with Crippen LogP contribution in [0, 0.1) is 0 Å². The van der Waals surface area contributed by atoms with Crippen LogP contribution in [0.3, 0.4) is 0 Å². The molecule has 0 N–H and O–H groups in total. The molecule has 8 aromatic rings. The molecule has 0 radical (unpaired) electrons. The van der Waals surface area contributed by atoms with Crippen molar-refractivity contribution in [2.24, 2.45) is 0 Å². The molecular formula is C68H70N2. The zero-order valence-electron chi connectivity index (χ0n) is 41.4. The molecule has 0 heterocycles. The first kappa shape index (κ1) is 43.9. The van der Waals surface area contributed by atoms with Crippen LogP contribution in [0.25, 0.3) is 43.8 Å². The molecule has 4 saturated carbocycles. The number of hydrogen-bond donors (Lipinski definition) is 0. The van der Waals surface area contributed by atoms with Crippen molar-refractivity contribution < 1.29 is 0 Å². The highest BCUT2D eigenvalue weighted by molar-refractivity contribution is 6.12. The third-order valence-corrected chi connectivity index (χ3v) is 17.9. The highest BCUT2D eigenvalue weighted by Crippen LogP contribution is 2.52. The Hall–Kier alpha value is -6.12. The van der Waals surface area contributed by atoms with E-state index in [0.29, 0.717) is 23.7 Å². The normalized spacial score (nSPS) is 18.1. The molecule has 2 nitrogen and oxygen atoms in total. The van der Waals surface area contributed by atoms with Crippen LogP contribution in [0.4, 0.5) is 34.1 Å². The van der Waals surface area contributed by atoms with Gasteiger partial charge in [0, 0.05) is 34.1 Å². The summed E-state index contributed by atoms with van der Waals surface area (Å²) in [6.07, 6.45) is 27.0. The first-order chi connectivity index (χ1) is 34.7. The minimum absolute atomic E-state index is 0.696. The van der Waals surface area contributed by atoms with Gasteiger partial charge in [-0.25, -0.2) is 0 Å². The molecule has 0 unspecified atom stereocenters. The van der Waals surface area contributed by atoms with Crippen LogP contribution < -0.4 is 9.80 Å². The van der Waals surface area contributed by atoms with E-state index >= 15 is 0 Å². The van der Waals surface area contributed by atoms with E-state index in [1.807, 2.05) is 0 Å². The fourth-order valence-corrected chi connectivity index (χ4v) is 13.9. The van der Waals surface area contributed by atoms with Crippen molar-refractivity contribution in [2.45, 2.75) is 152 Å². The van der Waals surface area contributed by atoms with E-state index < -0.39 is 0 Å². The van der Waals surface area contributed by atoms with E-state index in [1.165, 1.54) is 229 Å². The third kappa shape index (κ3) is 8.54. The van der Waals surface area contributed by atoms with E-state index in [2.05, 4.69) is 168 Å². The van der Waals surface area contributed by atoms with Crippen LogP contribution in [0.15, 0.2) is 158 Å². The number of benzene rings is 8. The first-order valence-corrected chi connectivity index (χ1v) is 27.8. The lowest BCUT2D eigenvalue weighted by Gasteiger charge is -2.29. The van der Waals surface area contributed by atoms with E-state index in [-0.39, 0.29) is 0 Å². The van der Waals surface area contributed by atoms with Crippen molar-refractivity contribution in [3.05, 3.63) is 180 Å². The second kappa shape index (κ2) is 19.2. The maximum absolute atomic E-state index is 2.50. The summed E-state index contributed by atoms with van der Waals surface area (Å²) in [5, 5.41) is 5.17. The quantitative estimate of drug-likeness (QED) is 0.135. The molecule has 4 fully saturated rings. The van der Waals surface area contributed by atoms with Gasteiger partial charge in [0.2, 0.25) is 0 Å². The lowest BCUT2D eigenvalue weighted by molar-refractivity contribution is 0.443. The standard InChI is InChI=1S/C68H70N2/c1-5-13-47(14-6-1)51-21-31-59(32-22-51)69(60-33-23-52(24-34-60)48-15-7-2-8-16-48)63-39-29-55-43-65-66-44-56-30-40-64(42-58(56)46-68(66)67(65)45-57(55)41-63)70(61-35-25-53(26-36-61)49-17-9-3-10-18-49)62-37-27-54(28-38-62)50-19-11-4-12-20-50/h21-50H,1-20H2. The first-order valence-electron chi connectivity index (χ1n) is 27.8. The van der Waals surface area contributed by atoms with Gasteiger partial charge in [0.15, 0.2) is 0 Å². The molecule has 0 aliphatic heterocycles. The molecule has 0 amide bonds. The average molecular weight is 915 g/mol. The Morgan fingerprint density at radius 3 is 0.700 bits per heavy atom. The van der Waals surface area contributed by atoms with Gasteiger partial charge in [0.05, 0.1) is 0 Å². The summed E-state index contributed by atoms with van der Waals surface area (Å²) in [4.78, 5) is 4.99. The minimum atomic E-state index is 0.696. The smallest absolute Gasteiger partial charge is 0.0468 e. The Morgan fingerprint density at radius 1 is 0.214 bits per heavy atom. The monoisotopic (exact) mass is 915 g/mol. The molecule has 0 spiro atoms. The molecule has 0 saturated heterocycles. The molecule has 0 aromatic heterocycles. The molecule has 70 heavy (non-hydrogen) atoms. The summed E-state index contributed by atoms with van der Waals surface area (Å²) < 4.78 is 0. The van der Waals surface area contributed by atoms with E-state index in [9.17, 15) is 0 Å². The van der Waals surface area contributed by atoms with Crippen LogP contribution in [0.2, 0.25) is 0 Å². The van der Waals surface area contributed by atoms with Crippen LogP contribution in [-0.4, -0.2) is 0 Å². The highest BCUT2D eigenvalue weighted by atomic mass is 15.1. The topological polar surface area (TPSA) is 6.48 Å². The van der Waals surface area contributed by atoms with Crippen molar-refractivity contribution in [1.82, 2.24) is 0 Å². The van der Waals surface area contributed by atoms with Gasteiger partial charge >= 0.3 is 0 Å². The van der Waals surface area contributed by atoms with E-state index in [1.54, 1.807) is 0 Å². The van der Waals surface area contributed by atoms with Crippen molar-refractivity contribution in [3.63, 3.8) is 0 Å². The largest absolute Gasteiger partial charge is 0.310 e. The zero-order valence-corrected chi connectivity index (χ0v) is 41.4. The van der Waals surface area contributed by atoms with Crippen LogP contribution in [0.5, 0.6) is 0 Å². The number of fused-ring (bicyclic) bond motifs is 6. The maximum atomic E-state index is 2.50. The molecule has 0 bridgehead atoms. The molecule has 13 rings (SSSR count). The van der Waals surface area contributed by atoms with Gasteiger partial charge in [-0.3, -0.25) is 0 Å². The van der Waals surface area contributed by atoms with E-state index in [4.69, 9.17) is 0 Å². The van der Waals surface area contributed by atoms with Gasteiger partial charge in [0.1, 0.15) is 0 Å². The molecule has 0 atom stereocenters. The Morgan fingerprint density at radius 2 is 0.443 bits per heavy atom. The lowest BCUT2D eigenvalue weighted by Crippen LogP contribution is -2.11. The summed E-state index contributed by atoms with van der Waals surface area (Å²) in [5.74, 6) is 2.78. The molecule has 2 heteroatoms.